The molecular formula is C7H7CaO3P. The quantitative estimate of drug-likeness (QED) is 0.498. The fourth-order valence-electron chi connectivity index (χ4n) is 0.807. The van der Waals surface area contributed by atoms with Gasteiger partial charge in [0, 0.05) is 6.16 Å². The second-order valence-corrected chi connectivity index (χ2v) is 3.79. The molecule has 0 atom stereocenters. The summed E-state index contributed by atoms with van der Waals surface area (Å²) in [6.07, 6.45) is -0.395. The molecule has 1 rings (SSSR count). The fourth-order valence-corrected chi connectivity index (χ4v) is 1.47. The Hall–Kier alpha value is 0.630. The van der Waals surface area contributed by atoms with Gasteiger partial charge in [0.05, 0.1) is 0 Å². The summed E-state index contributed by atoms with van der Waals surface area (Å²) in [5.41, 5.74) is 0.542. The molecule has 12 heavy (non-hydrogen) atoms. The molecule has 0 aliphatic heterocycles. The molecule has 0 aromatic heterocycles. The SMILES string of the molecule is O=P([O-])([O-])Cc1ccccc1.[Ca+2]. The van der Waals surface area contributed by atoms with Crippen LogP contribution in [0.3, 0.4) is 0 Å². The van der Waals surface area contributed by atoms with E-state index in [4.69, 9.17) is 0 Å². The minimum atomic E-state index is -4.39. The Morgan fingerprint density at radius 1 is 1.17 bits per heavy atom. The van der Waals surface area contributed by atoms with Crippen LogP contribution in [0, 0.1) is 0 Å². The van der Waals surface area contributed by atoms with Gasteiger partial charge in [0.25, 0.3) is 0 Å². The van der Waals surface area contributed by atoms with Crippen molar-refractivity contribution in [3.8, 4) is 0 Å². The molecule has 0 saturated heterocycles. The molecule has 0 fully saturated rings. The van der Waals surface area contributed by atoms with Crippen LogP contribution in [0.2, 0.25) is 0 Å². The zero-order valence-corrected chi connectivity index (χ0v) is 9.58. The third-order valence-electron chi connectivity index (χ3n) is 1.22. The van der Waals surface area contributed by atoms with Crippen molar-refractivity contribution in [1.82, 2.24) is 0 Å². The van der Waals surface area contributed by atoms with Gasteiger partial charge in [0.15, 0.2) is 0 Å². The number of hydrogen-bond acceptors (Lipinski definition) is 3. The average molecular weight is 210 g/mol. The van der Waals surface area contributed by atoms with Crippen LogP contribution in [0.1, 0.15) is 5.56 Å². The smallest absolute Gasteiger partial charge is 0.810 e. The van der Waals surface area contributed by atoms with Crippen molar-refractivity contribution in [3.05, 3.63) is 35.9 Å². The third kappa shape index (κ3) is 5.31. The molecule has 1 aromatic carbocycles. The van der Waals surface area contributed by atoms with E-state index in [1.54, 1.807) is 30.3 Å². The molecule has 0 aliphatic rings. The summed E-state index contributed by atoms with van der Waals surface area (Å²) in [5.74, 6) is 0. The molecule has 5 heteroatoms. The molecule has 0 bridgehead atoms. The normalized spacial score (nSPS) is 10.5. The van der Waals surface area contributed by atoms with Crippen molar-refractivity contribution in [2.75, 3.05) is 0 Å². The van der Waals surface area contributed by atoms with Crippen molar-refractivity contribution < 1.29 is 14.4 Å². The average Bonchev–Trinajstić information content (AvgIpc) is 1.85. The van der Waals surface area contributed by atoms with Crippen LogP contribution in [-0.2, 0) is 10.7 Å². The Morgan fingerprint density at radius 2 is 1.67 bits per heavy atom. The monoisotopic (exact) mass is 210 g/mol. The summed E-state index contributed by atoms with van der Waals surface area (Å²) in [4.78, 5) is 20.5. The van der Waals surface area contributed by atoms with E-state index in [9.17, 15) is 14.4 Å². The van der Waals surface area contributed by atoms with Gasteiger partial charge < -0.3 is 14.4 Å². The number of hydrogen-bond donors (Lipinski definition) is 0. The maximum absolute atomic E-state index is 10.3. The molecule has 0 amide bonds. The first-order valence-electron chi connectivity index (χ1n) is 3.13. The summed E-state index contributed by atoms with van der Waals surface area (Å²) >= 11 is 0. The largest absolute Gasteiger partial charge is 2.00 e. The van der Waals surface area contributed by atoms with Gasteiger partial charge in [0.2, 0.25) is 0 Å². The van der Waals surface area contributed by atoms with E-state index in [-0.39, 0.29) is 37.7 Å². The Kier molecular flexibility index (Phi) is 5.66. The first kappa shape index (κ1) is 12.6. The van der Waals surface area contributed by atoms with Crippen LogP contribution < -0.4 is 9.79 Å². The molecule has 3 nitrogen and oxygen atoms in total. The second-order valence-electron chi connectivity index (χ2n) is 2.25. The standard InChI is InChI=1S/C7H9O3P.Ca/c8-11(9,10)6-7-4-2-1-3-5-7;/h1-5H,6H2,(H2,8,9,10);/q;+2/p-2. The number of rotatable bonds is 2. The predicted octanol–water partition coefficient (Wildman–Crippen LogP) is -0.281. The van der Waals surface area contributed by atoms with Crippen LogP contribution >= 0.6 is 7.60 Å². The minimum absolute atomic E-state index is 0. The molecule has 0 heterocycles. The number of benzene rings is 1. The van der Waals surface area contributed by atoms with E-state index in [0.717, 1.165) is 0 Å². The van der Waals surface area contributed by atoms with Crippen molar-refractivity contribution >= 4 is 45.3 Å². The van der Waals surface area contributed by atoms with E-state index in [1.165, 1.54) is 0 Å². The first-order valence-corrected chi connectivity index (χ1v) is 4.86. The van der Waals surface area contributed by atoms with Gasteiger partial charge in [-0.25, -0.2) is 0 Å². The Balaban J connectivity index is 0.00000121. The maximum Gasteiger partial charge on any atom is 2.00 e. The zero-order chi connectivity index (χ0) is 8.32. The molecule has 60 valence electrons. The topological polar surface area (TPSA) is 63.2 Å². The Morgan fingerprint density at radius 3 is 2.08 bits per heavy atom. The van der Waals surface area contributed by atoms with E-state index >= 15 is 0 Å². The van der Waals surface area contributed by atoms with E-state index in [1.807, 2.05) is 0 Å². The van der Waals surface area contributed by atoms with Crippen molar-refractivity contribution in [1.29, 1.82) is 0 Å². The van der Waals surface area contributed by atoms with Crippen molar-refractivity contribution in [3.63, 3.8) is 0 Å². The van der Waals surface area contributed by atoms with Gasteiger partial charge in [-0.2, -0.15) is 0 Å². The predicted molar refractivity (Wildman–Crippen MR) is 43.5 cm³/mol. The second kappa shape index (κ2) is 5.38. The molecule has 0 saturated carbocycles. The molecule has 0 radical (unpaired) electrons. The van der Waals surface area contributed by atoms with Gasteiger partial charge in [-0.05, 0) is 5.56 Å². The summed E-state index contributed by atoms with van der Waals surface area (Å²) in [5, 5.41) is 0. The molecule has 0 unspecified atom stereocenters. The van der Waals surface area contributed by atoms with Crippen LogP contribution in [0.4, 0.5) is 0 Å². The summed E-state index contributed by atoms with van der Waals surface area (Å²) in [6, 6.07) is 8.39. The van der Waals surface area contributed by atoms with Gasteiger partial charge in [0.1, 0.15) is 0 Å². The van der Waals surface area contributed by atoms with E-state index in [0.29, 0.717) is 5.56 Å². The van der Waals surface area contributed by atoms with Crippen molar-refractivity contribution in [2.24, 2.45) is 0 Å². The first-order chi connectivity index (χ1) is 5.08. The van der Waals surface area contributed by atoms with Crippen LogP contribution in [0.5, 0.6) is 0 Å². The van der Waals surface area contributed by atoms with Gasteiger partial charge in [-0.3, -0.25) is 0 Å². The van der Waals surface area contributed by atoms with Crippen molar-refractivity contribution in [2.45, 2.75) is 6.16 Å². The van der Waals surface area contributed by atoms with E-state index < -0.39 is 13.8 Å². The molecule has 0 N–H and O–H groups in total. The molecular weight excluding hydrogens is 203 g/mol. The van der Waals surface area contributed by atoms with Crippen LogP contribution in [0.15, 0.2) is 30.3 Å². The maximum atomic E-state index is 10.3. The van der Waals surface area contributed by atoms with Crippen LogP contribution in [-0.4, -0.2) is 37.7 Å². The van der Waals surface area contributed by atoms with Gasteiger partial charge >= 0.3 is 37.7 Å². The Labute approximate surface area is 101 Å². The fraction of sp³-hybridized carbons (Fsp3) is 0.143. The minimum Gasteiger partial charge on any atom is -0.810 e. The molecule has 0 spiro atoms. The van der Waals surface area contributed by atoms with Gasteiger partial charge in [-0.1, -0.05) is 37.9 Å². The molecule has 1 aromatic rings. The summed E-state index contributed by atoms with van der Waals surface area (Å²) in [7, 11) is -4.39. The zero-order valence-electron chi connectivity index (χ0n) is 6.47. The third-order valence-corrected chi connectivity index (χ3v) is 1.97. The van der Waals surface area contributed by atoms with E-state index in [2.05, 4.69) is 0 Å². The Bertz CT molecular complexity index is 269. The van der Waals surface area contributed by atoms with Gasteiger partial charge in [-0.15, -0.1) is 0 Å². The van der Waals surface area contributed by atoms with Crippen LogP contribution in [0.25, 0.3) is 0 Å². The summed E-state index contributed by atoms with van der Waals surface area (Å²) < 4.78 is 10.3. The summed E-state index contributed by atoms with van der Waals surface area (Å²) in [6.45, 7) is 0. The molecule has 0 aliphatic carbocycles.